The van der Waals surface area contributed by atoms with Gasteiger partial charge < -0.3 is 16.4 Å². The van der Waals surface area contributed by atoms with Gasteiger partial charge in [0.1, 0.15) is 5.69 Å². The van der Waals surface area contributed by atoms with Gasteiger partial charge in [0.2, 0.25) is 0 Å². The maximum atomic E-state index is 11.5. The van der Waals surface area contributed by atoms with Crippen molar-refractivity contribution in [3.05, 3.63) is 41.2 Å². The van der Waals surface area contributed by atoms with Gasteiger partial charge in [0, 0.05) is 6.54 Å². The molecule has 6 nitrogen and oxygen atoms in total. The van der Waals surface area contributed by atoms with Crippen molar-refractivity contribution in [3.63, 3.8) is 0 Å². The molecule has 0 aliphatic rings. The number of benzene rings is 1. The Hall–Kier alpha value is -2.12. The van der Waals surface area contributed by atoms with Crippen LogP contribution in [0, 0.1) is 0 Å². The maximum absolute atomic E-state index is 11.5. The van der Waals surface area contributed by atoms with E-state index in [0.717, 1.165) is 0 Å². The second kappa shape index (κ2) is 6.55. The molecular formula is C13H14ClN5OS. The molecule has 21 heavy (non-hydrogen) atoms. The van der Waals surface area contributed by atoms with Crippen molar-refractivity contribution in [1.29, 1.82) is 0 Å². The Kier molecular flexibility index (Phi) is 4.77. The Morgan fingerprint density at radius 2 is 2.05 bits per heavy atom. The molecular weight excluding hydrogens is 310 g/mol. The molecule has 1 aromatic heterocycles. The van der Waals surface area contributed by atoms with E-state index in [4.69, 9.17) is 29.6 Å². The minimum atomic E-state index is -0.572. The summed E-state index contributed by atoms with van der Waals surface area (Å²) in [6.45, 7) is 2.40. The number of carbonyl (C=O) groups excluding carboxylic acids is 1. The summed E-state index contributed by atoms with van der Waals surface area (Å²) in [6.07, 6.45) is 1.50. The van der Waals surface area contributed by atoms with Gasteiger partial charge in [-0.25, -0.2) is 0 Å². The van der Waals surface area contributed by atoms with Gasteiger partial charge >= 0.3 is 0 Å². The molecule has 1 amide bonds. The number of aromatic nitrogens is 2. The normalized spacial score (nSPS) is 10.2. The monoisotopic (exact) mass is 323 g/mol. The first kappa shape index (κ1) is 15.3. The van der Waals surface area contributed by atoms with Crippen molar-refractivity contribution in [2.75, 3.05) is 10.6 Å². The minimum Gasteiger partial charge on any atom is -0.364 e. The van der Waals surface area contributed by atoms with Crippen LogP contribution in [0.3, 0.4) is 0 Å². The van der Waals surface area contributed by atoms with Crippen LogP contribution >= 0.6 is 23.8 Å². The largest absolute Gasteiger partial charge is 0.364 e. The zero-order valence-electron chi connectivity index (χ0n) is 11.3. The predicted molar refractivity (Wildman–Crippen MR) is 87.7 cm³/mol. The van der Waals surface area contributed by atoms with Crippen LogP contribution in [0.5, 0.6) is 0 Å². The number of hydrogen-bond donors (Lipinski definition) is 3. The van der Waals surface area contributed by atoms with Crippen molar-refractivity contribution >= 4 is 46.2 Å². The summed E-state index contributed by atoms with van der Waals surface area (Å²) in [5.41, 5.74) is 6.76. The quantitative estimate of drug-likeness (QED) is 0.753. The second-order valence-electron chi connectivity index (χ2n) is 4.15. The molecule has 0 bridgehead atoms. The lowest BCUT2D eigenvalue weighted by atomic mass is 10.3. The van der Waals surface area contributed by atoms with Crippen molar-refractivity contribution < 1.29 is 4.79 Å². The number of aryl methyl sites for hydroxylation is 1. The molecule has 0 aliphatic heterocycles. The second-order valence-corrected chi connectivity index (χ2v) is 4.96. The first-order chi connectivity index (χ1) is 10.0. The van der Waals surface area contributed by atoms with Gasteiger partial charge in [0.25, 0.3) is 5.91 Å². The van der Waals surface area contributed by atoms with Gasteiger partial charge in [-0.3, -0.25) is 9.48 Å². The van der Waals surface area contributed by atoms with Crippen LogP contribution in [0.2, 0.25) is 5.02 Å². The fraction of sp³-hybridized carbons (Fsp3) is 0.154. The van der Waals surface area contributed by atoms with Gasteiger partial charge in [-0.2, -0.15) is 5.10 Å². The highest BCUT2D eigenvalue weighted by molar-refractivity contribution is 7.80. The topological polar surface area (TPSA) is 85.0 Å². The van der Waals surface area contributed by atoms with E-state index in [-0.39, 0.29) is 5.69 Å². The molecule has 0 atom stereocenters. The number of nitrogens with two attached hydrogens (primary N) is 1. The van der Waals surface area contributed by atoms with Crippen LogP contribution in [-0.2, 0) is 6.54 Å². The Labute approximate surface area is 132 Å². The average molecular weight is 324 g/mol. The third-order valence-corrected chi connectivity index (χ3v) is 3.28. The van der Waals surface area contributed by atoms with E-state index in [0.29, 0.717) is 28.1 Å². The lowest BCUT2D eigenvalue weighted by molar-refractivity contribution is 0.0991. The van der Waals surface area contributed by atoms with Gasteiger partial charge in [0.15, 0.2) is 5.11 Å². The zero-order valence-corrected chi connectivity index (χ0v) is 12.8. The number of anilines is 2. The van der Waals surface area contributed by atoms with Crippen molar-refractivity contribution in [2.45, 2.75) is 13.5 Å². The van der Waals surface area contributed by atoms with Crippen LogP contribution in [-0.4, -0.2) is 20.8 Å². The van der Waals surface area contributed by atoms with E-state index in [1.54, 1.807) is 12.1 Å². The van der Waals surface area contributed by atoms with E-state index in [9.17, 15) is 4.79 Å². The molecule has 2 rings (SSSR count). The van der Waals surface area contributed by atoms with Gasteiger partial charge in [0.05, 0.1) is 22.6 Å². The molecule has 1 heterocycles. The summed E-state index contributed by atoms with van der Waals surface area (Å²) in [7, 11) is 0. The molecule has 8 heteroatoms. The molecule has 4 N–H and O–H groups in total. The van der Waals surface area contributed by atoms with E-state index in [1.807, 2.05) is 19.1 Å². The fourth-order valence-electron chi connectivity index (χ4n) is 1.81. The summed E-state index contributed by atoms with van der Waals surface area (Å²) in [6, 6.07) is 7.19. The molecule has 0 aliphatic carbocycles. The number of halogens is 1. The predicted octanol–water partition coefficient (Wildman–Crippen LogP) is 2.46. The molecule has 110 valence electrons. The molecule has 0 spiro atoms. The standard InChI is InChI=1S/C13H14ClN5OS/c1-2-19-11(12(15)20)10(7-16-19)18-13(21)17-9-6-4-3-5-8(9)14/h3-7H,2H2,1H3,(H2,15,20)(H2,17,18,21). The van der Waals surface area contributed by atoms with E-state index >= 15 is 0 Å². The third-order valence-electron chi connectivity index (χ3n) is 2.74. The van der Waals surface area contributed by atoms with Gasteiger partial charge in [-0.05, 0) is 31.3 Å². The highest BCUT2D eigenvalue weighted by Crippen LogP contribution is 2.21. The van der Waals surface area contributed by atoms with Crippen LogP contribution in [0.15, 0.2) is 30.5 Å². The fourth-order valence-corrected chi connectivity index (χ4v) is 2.22. The summed E-state index contributed by atoms with van der Waals surface area (Å²) >= 11 is 11.2. The Morgan fingerprint density at radius 3 is 2.67 bits per heavy atom. The number of thiocarbonyl (C=S) groups is 1. The number of para-hydroxylation sites is 1. The van der Waals surface area contributed by atoms with E-state index < -0.39 is 5.91 Å². The third kappa shape index (κ3) is 3.50. The van der Waals surface area contributed by atoms with E-state index in [2.05, 4.69) is 15.7 Å². The Balaban J connectivity index is 2.15. The maximum Gasteiger partial charge on any atom is 0.269 e. The number of amides is 1. The Morgan fingerprint density at radius 1 is 1.38 bits per heavy atom. The van der Waals surface area contributed by atoms with Crippen molar-refractivity contribution in [3.8, 4) is 0 Å². The van der Waals surface area contributed by atoms with Crippen molar-refractivity contribution in [1.82, 2.24) is 9.78 Å². The number of rotatable bonds is 4. The Bertz CT molecular complexity index is 685. The van der Waals surface area contributed by atoms with Crippen molar-refractivity contribution in [2.24, 2.45) is 5.73 Å². The summed E-state index contributed by atoms with van der Waals surface area (Å²) < 4.78 is 1.50. The molecule has 0 radical (unpaired) electrons. The summed E-state index contributed by atoms with van der Waals surface area (Å²) in [5, 5.41) is 10.8. The first-order valence-corrected chi connectivity index (χ1v) is 6.99. The van der Waals surface area contributed by atoms with Crippen LogP contribution in [0.4, 0.5) is 11.4 Å². The average Bonchev–Trinajstić information content (AvgIpc) is 2.84. The number of primary amides is 1. The molecule has 1 aromatic carbocycles. The van der Waals surface area contributed by atoms with Crippen LogP contribution in [0.1, 0.15) is 17.4 Å². The smallest absolute Gasteiger partial charge is 0.269 e. The molecule has 0 saturated heterocycles. The SMILES string of the molecule is CCn1ncc(NC(=S)Nc2ccccc2Cl)c1C(N)=O. The molecule has 0 fully saturated rings. The molecule has 0 saturated carbocycles. The first-order valence-electron chi connectivity index (χ1n) is 6.21. The zero-order chi connectivity index (χ0) is 15.4. The molecule has 2 aromatic rings. The van der Waals surface area contributed by atoms with Gasteiger partial charge in [-0.15, -0.1) is 0 Å². The lowest BCUT2D eigenvalue weighted by Crippen LogP contribution is -2.23. The lowest BCUT2D eigenvalue weighted by Gasteiger charge is -2.11. The number of nitrogens with one attached hydrogen (secondary N) is 2. The number of carbonyl (C=O) groups is 1. The van der Waals surface area contributed by atoms with Gasteiger partial charge in [-0.1, -0.05) is 23.7 Å². The van der Waals surface area contributed by atoms with Crippen LogP contribution in [0.25, 0.3) is 0 Å². The van der Waals surface area contributed by atoms with Crippen LogP contribution < -0.4 is 16.4 Å². The number of hydrogen-bond acceptors (Lipinski definition) is 3. The summed E-state index contributed by atoms with van der Waals surface area (Å²) in [4.78, 5) is 11.5. The number of nitrogens with zero attached hydrogens (tertiary/aromatic N) is 2. The molecule has 0 unspecified atom stereocenters. The summed E-state index contributed by atoms with van der Waals surface area (Å²) in [5.74, 6) is -0.572. The minimum absolute atomic E-state index is 0.279. The highest BCUT2D eigenvalue weighted by atomic mass is 35.5. The van der Waals surface area contributed by atoms with E-state index in [1.165, 1.54) is 10.9 Å². The highest BCUT2D eigenvalue weighted by Gasteiger charge is 2.16.